The molecule has 0 spiro atoms. The van der Waals surface area contributed by atoms with Crippen molar-refractivity contribution < 1.29 is 13.9 Å². The summed E-state index contributed by atoms with van der Waals surface area (Å²) < 4.78 is 20.8. The van der Waals surface area contributed by atoms with E-state index >= 15 is 4.39 Å². The van der Waals surface area contributed by atoms with Crippen molar-refractivity contribution in [2.45, 2.75) is 56.8 Å². The molecule has 3 unspecified atom stereocenters. The van der Waals surface area contributed by atoms with E-state index < -0.39 is 5.67 Å². The van der Waals surface area contributed by atoms with Crippen molar-refractivity contribution >= 4 is 11.8 Å². The van der Waals surface area contributed by atoms with Gasteiger partial charge in [-0.25, -0.2) is 15.8 Å². The molecule has 0 bridgehead atoms. The van der Waals surface area contributed by atoms with E-state index in [1.54, 1.807) is 0 Å². The standard InChI is InChI=1S/C20H30FN5O2/c21-20(9-7-18(22)25-26-23)8-6-15-12-24-17(10-16(15)11-20)19(27)28-13-14-4-2-1-3-5-14/h1-5,15-17,24,26H,6-13,23H2,(H2,22,25)/t15?,16?,17?,20-/m0/s1. The van der Waals surface area contributed by atoms with Crippen LogP contribution in [-0.2, 0) is 16.1 Å². The van der Waals surface area contributed by atoms with Crippen molar-refractivity contribution in [3.05, 3.63) is 35.9 Å². The van der Waals surface area contributed by atoms with E-state index in [1.807, 2.05) is 30.3 Å². The molecule has 0 amide bonds. The number of piperidine rings is 1. The van der Waals surface area contributed by atoms with Gasteiger partial charge in [0.25, 0.3) is 0 Å². The van der Waals surface area contributed by atoms with Crippen LogP contribution >= 0.6 is 0 Å². The number of nitrogens with two attached hydrogens (primary N) is 2. The van der Waals surface area contributed by atoms with Crippen molar-refractivity contribution in [1.82, 2.24) is 10.9 Å². The van der Waals surface area contributed by atoms with E-state index in [2.05, 4.69) is 16.0 Å². The Morgan fingerprint density at radius 1 is 1.36 bits per heavy atom. The lowest BCUT2D eigenvalue weighted by atomic mass is 9.67. The molecule has 1 aromatic carbocycles. The molecule has 3 rings (SSSR count). The summed E-state index contributed by atoms with van der Waals surface area (Å²) in [6.45, 7) is 0.985. The lowest BCUT2D eigenvalue weighted by Crippen LogP contribution is -2.52. The molecule has 1 saturated carbocycles. The fraction of sp³-hybridized carbons (Fsp3) is 0.600. The summed E-state index contributed by atoms with van der Waals surface area (Å²) in [4.78, 5) is 12.5. The second-order valence-corrected chi connectivity index (χ2v) is 7.94. The number of carbonyl (C=O) groups excluding carboxylic acids is 1. The first-order valence-electron chi connectivity index (χ1n) is 9.89. The number of hydrazone groups is 1. The van der Waals surface area contributed by atoms with Crippen molar-refractivity contribution in [2.75, 3.05) is 6.54 Å². The highest BCUT2D eigenvalue weighted by Gasteiger charge is 2.44. The Hall–Kier alpha value is -2.19. The number of alkyl halides is 1. The maximum Gasteiger partial charge on any atom is 0.323 e. The molecule has 154 valence electrons. The third-order valence-corrected chi connectivity index (χ3v) is 5.97. The van der Waals surface area contributed by atoms with Crippen molar-refractivity contribution in [3.63, 3.8) is 0 Å². The molecule has 0 radical (unpaired) electrons. The minimum atomic E-state index is -1.27. The Balaban J connectivity index is 1.51. The van der Waals surface area contributed by atoms with Crippen LogP contribution in [0.15, 0.2) is 35.4 Å². The number of carbonyl (C=O) groups is 1. The van der Waals surface area contributed by atoms with Gasteiger partial charge in [0.2, 0.25) is 0 Å². The number of fused-ring (bicyclic) bond motifs is 1. The lowest BCUT2D eigenvalue weighted by molar-refractivity contribution is -0.149. The number of hydrogen-bond donors (Lipinski definition) is 4. The SMILES string of the molecule is NN/N=C(\N)CC[C@@]1(F)CCC2CNC(C(=O)OCc3ccccc3)CC2C1. The van der Waals surface area contributed by atoms with Crippen LogP contribution in [0.4, 0.5) is 4.39 Å². The average molecular weight is 391 g/mol. The second-order valence-electron chi connectivity index (χ2n) is 7.94. The number of ether oxygens (including phenoxy) is 1. The molecule has 0 aromatic heterocycles. The number of rotatable bonds is 7. The molecular formula is C20H30FN5O2. The van der Waals surface area contributed by atoms with Gasteiger partial charge in [0.05, 0.1) is 0 Å². The van der Waals surface area contributed by atoms with Crippen LogP contribution in [0, 0.1) is 11.8 Å². The topological polar surface area (TPSA) is 115 Å². The van der Waals surface area contributed by atoms with Crippen LogP contribution in [0.3, 0.4) is 0 Å². The predicted octanol–water partition coefficient (Wildman–Crippen LogP) is 1.73. The highest BCUT2D eigenvalue weighted by Crippen LogP contribution is 2.44. The van der Waals surface area contributed by atoms with E-state index in [0.29, 0.717) is 43.9 Å². The molecule has 7 nitrogen and oxygen atoms in total. The molecule has 28 heavy (non-hydrogen) atoms. The smallest absolute Gasteiger partial charge is 0.323 e. The number of hydrogen-bond acceptors (Lipinski definition) is 6. The molecule has 1 aliphatic carbocycles. The molecule has 1 aliphatic heterocycles. The van der Waals surface area contributed by atoms with Gasteiger partial charge in [0, 0.05) is 6.42 Å². The molecule has 1 aromatic rings. The van der Waals surface area contributed by atoms with E-state index in [4.69, 9.17) is 16.3 Å². The summed E-state index contributed by atoms with van der Waals surface area (Å²) in [6.07, 6.45) is 3.07. The van der Waals surface area contributed by atoms with Gasteiger partial charge in [0.15, 0.2) is 0 Å². The first-order chi connectivity index (χ1) is 13.5. The maximum atomic E-state index is 15.3. The van der Waals surface area contributed by atoms with Crippen LogP contribution in [0.1, 0.15) is 44.1 Å². The third kappa shape index (κ3) is 5.42. The normalized spacial score (nSPS) is 30.4. The number of benzene rings is 1. The summed E-state index contributed by atoms with van der Waals surface area (Å²) in [5.74, 6) is 5.71. The first kappa shape index (κ1) is 20.5. The number of halogens is 1. The average Bonchev–Trinajstić information content (AvgIpc) is 2.71. The van der Waals surface area contributed by atoms with Gasteiger partial charge in [-0.05, 0) is 56.0 Å². The summed E-state index contributed by atoms with van der Waals surface area (Å²) in [5.41, 5.74) is 7.52. The Bertz CT molecular complexity index is 686. The van der Waals surface area contributed by atoms with E-state index in [9.17, 15) is 4.79 Å². The molecule has 6 N–H and O–H groups in total. The Morgan fingerprint density at radius 2 is 2.14 bits per heavy atom. The Kier molecular flexibility index (Phi) is 6.85. The second kappa shape index (κ2) is 9.34. The number of nitrogens with zero attached hydrogens (tertiary/aromatic N) is 1. The largest absolute Gasteiger partial charge is 0.460 e. The van der Waals surface area contributed by atoms with Gasteiger partial charge >= 0.3 is 5.97 Å². The zero-order valence-electron chi connectivity index (χ0n) is 16.1. The van der Waals surface area contributed by atoms with Crippen LogP contribution in [-0.4, -0.2) is 30.1 Å². The van der Waals surface area contributed by atoms with E-state index in [1.165, 1.54) is 0 Å². The molecule has 8 heteroatoms. The number of esters is 1. The number of hydrazine groups is 1. The van der Waals surface area contributed by atoms with Crippen LogP contribution in [0.25, 0.3) is 0 Å². The number of nitrogens with one attached hydrogen (secondary N) is 2. The summed E-state index contributed by atoms with van der Waals surface area (Å²) in [7, 11) is 0. The van der Waals surface area contributed by atoms with Crippen LogP contribution in [0.5, 0.6) is 0 Å². The zero-order chi connectivity index (χ0) is 20.0. The van der Waals surface area contributed by atoms with Gasteiger partial charge in [-0.1, -0.05) is 30.3 Å². The van der Waals surface area contributed by atoms with Crippen LogP contribution < -0.4 is 22.4 Å². The number of amidine groups is 1. The Labute approximate surface area is 165 Å². The molecule has 1 saturated heterocycles. The van der Waals surface area contributed by atoms with Crippen molar-refractivity contribution in [1.29, 1.82) is 0 Å². The summed E-state index contributed by atoms with van der Waals surface area (Å²) >= 11 is 0. The Morgan fingerprint density at radius 3 is 2.89 bits per heavy atom. The summed E-state index contributed by atoms with van der Waals surface area (Å²) in [5, 5.41) is 6.98. The van der Waals surface area contributed by atoms with E-state index in [0.717, 1.165) is 18.5 Å². The molecule has 4 atom stereocenters. The molecular weight excluding hydrogens is 361 g/mol. The van der Waals surface area contributed by atoms with Gasteiger partial charge < -0.3 is 15.8 Å². The van der Waals surface area contributed by atoms with Gasteiger partial charge in [-0.3, -0.25) is 4.79 Å². The quantitative estimate of drug-likeness (QED) is 0.185. The van der Waals surface area contributed by atoms with Gasteiger partial charge in [-0.2, -0.15) is 5.10 Å². The summed E-state index contributed by atoms with van der Waals surface area (Å²) in [6, 6.07) is 9.22. The van der Waals surface area contributed by atoms with E-state index in [-0.39, 0.29) is 24.5 Å². The fourth-order valence-corrected chi connectivity index (χ4v) is 4.37. The predicted molar refractivity (Wildman–Crippen MR) is 105 cm³/mol. The van der Waals surface area contributed by atoms with Gasteiger partial charge in [0.1, 0.15) is 24.2 Å². The highest BCUT2D eigenvalue weighted by molar-refractivity contribution is 5.80. The fourth-order valence-electron chi connectivity index (χ4n) is 4.37. The maximum absolute atomic E-state index is 15.3. The first-order valence-corrected chi connectivity index (χ1v) is 9.89. The minimum absolute atomic E-state index is 0.167. The van der Waals surface area contributed by atoms with Gasteiger partial charge in [-0.15, -0.1) is 0 Å². The molecule has 2 fully saturated rings. The van der Waals surface area contributed by atoms with Crippen LogP contribution in [0.2, 0.25) is 0 Å². The lowest BCUT2D eigenvalue weighted by Gasteiger charge is -2.44. The van der Waals surface area contributed by atoms with Crippen molar-refractivity contribution in [2.24, 2.45) is 28.5 Å². The zero-order valence-corrected chi connectivity index (χ0v) is 16.1. The third-order valence-electron chi connectivity index (χ3n) is 5.97. The monoisotopic (exact) mass is 391 g/mol. The molecule has 1 heterocycles. The highest BCUT2D eigenvalue weighted by atomic mass is 19.1. The minimum Gasteiger partial charge on any atom is -0.460 e. The molecule has 2 aliphatic rings. The van der Waals surface area contributed by atoms with Crippen molar-refractivity contribution in [3.8, 4) is 0 Å².